The van der Waals surface area contributed by atoms with E-state index in [0.29, 0.717) is 6.61 Å². The van der Waals surface area contributed by atoms with Crippen molar-refractivity contribution in [3.05, 3.63) is 0 Å². The van der Waals surface area contributed by atoms with E-state index in [2.05, 4.69) is 0 Å². The van der Waals surface area contributed by atoms with E-state index < -0.39 is 0 Å². The van der Waals surface area contributed by atoms with Gasteiger partial charge in [0.15, 0.2) is 5.78 Å². The lowest BCUT2D eigenvalue weighted by Crippen LogP contribution is -2.08. The van der Waals surface area contributed by atoms with E-state index in [-0.39, 0.29) is 5.78 Å². The van der Waals surface area contributed by atoms with Crippen molar-refractivity contribution < 1.29 is 9.53 Å². The van der Waals surface area contributed by atoms with Gasteiger partial charge in [-0.15, -0.1) is 0 Å². The number of hydrogen-bond donors (Lipinski definition) is 0. The van der Waals surface area contributed by atoms with Gasteiger partial charge in [-0.2, -0.15) is 0 Å². The van der Waals surface area contributed by atoms with Gasteiger partial charge in [0.25, 0.3) is 0 Å². The quantitative estimate of drug-likeness (QED) is 0.632. The molecule has 0 aromatic rings. The summed E-state index contributed by atoms with van der Waals surface area (Å²) in [6, 6.07) is 0. The number of carbonyl (C=O) groups excluding carboxylic acids is 1. The predicted octanol–water partition coefficient (Wildman–Crippen LogP) is 2.17. The van der Waals surface area contributed by atoms with Crippen molar-refractivity contribution in [2.75, 3.05) is 13.7 Å². The Morgan fingerprint density at radius 1 is 1.42 bits per heavy atom. The van der Waals surface area contributed by atoms with Crippen LogP contribution in [0, 0.1) is 5.92 Å². The molecule has 1 rings (SSSR count). The van der Waals surface area contributed by atoms with E-state index in [4.69, 9.17) is 4.74 Å². The number of rotatable bonds is 5. The van der Waals surface area contributed by atoms with Crippen LogP contribution in [-0.4, -0.2) is 19.5 Å². The summed E-state index contributed by atoms with van der Waals surface area (Å²) in [6.07, 6.45) is 7.20. The van der Waals surface area contributed by atoms with Gasteiger partial charge in [-0.1, -0.05) is 25.7 Å². The number of ether oxygens (including phenoxy) is 1. The van der Waals surface area contributed by atoms with Crippen molar-refractivity contribution in [2.45, 2.75) is 38.5 Å². The maximum atomic E-state index is 11.1. The maximum absolute atomic E-state index is 11.1. The zero-order chi connectivity index (χ0) is 8.81. The summed E-state index contributed by atoms with van der Waals surface area (Å²) >= 11 is 0. The Labute approximate surface area is 74.3 Å². The standard InChI is InChI=1S/C10H18O2/c1-12-8-10(11)7-6-9-4-2-3-5-9/h9H,2-8H2,1H3. The molecule has 0 aromatic heterocycles. The van der Waals surface area contributed by atoms with E-state index in [9.17, 15) is 4.79 Å². The summed E-state index contributed by atoms with van der Waals surface area (Å²) in [5.74, 6) is 1.08. The minimum Gasteiger partial charge on any atom is -0.377 e. The summed E-state index contributed by atoms with van der Waals surface area (Å²) in [5.41, 5.74) is 0. The topological polar surface area (TPSA) is 26.3 Å². The number of ketones is 1. The van der Waals surface area contributed by atoms with Crippen LogP contribution in [0.15, 0.2) is 0 Å². The van der Waals surface area contributed by atoms with Crippen LogP contribution in [0.1, 0.15) is 38.5 Å². The highest BCUT2D eigenvalue weighted by Gasteiger charge is 2.15. The second kappa shape index (κ2) is 5.31. The van der Waals surface area contributed by atoms with Crippen molar-refractivity contribution in [3.63, 3.8) is 0 Å². The van der Waals surface area contributed by atoms with Crippen LogP contribution in [0.2, 0.25) is 0 Å². The average Bonchev–Trinajstić information content (AvgIpc) is 2.53. The van der Waals surface area contributed by atoms with Gasteiger partial charge in [0.2, 0.25) is 0 Å². The first-order valence-electron chi connectivity index (χ1n) is 4.83. The van der Waals surface area contributed by atoms with Crippen LogP contribution >= 0.6 is 0 Å². The third kappa shape index (κ3) is 3.35. The van der Waals surface area contributed by atoms with Crippen LogP contribution in [0.4, 0.5) is 0 Å². The second-order valence-electron chi connectivity index (χ2n) is 3.66. The van der Waals surface area contributed by atoms with E-state index in [0.717, 1.165) is 18.8 Å². The molecule has 12 heavy (non-hydrogen) atoms. The molecular weight excluding hydrogens is 152 g/mol. The molecule has 0 amide bonds. The lowest BCUT2D eigenvalue weighted by molar-refractivity contribution is -0.122. The summed E-state index contributed by atoms with van der Waals surface area (Å²) in [4.78, 5) is 11.1. The molecular formula is C10H18O2. The smallest absolute Gasteiger partial charge is 0.158 e. The molecule has 0 bridgehead atoms. The Hall–Kier alpha value is -0.370. The first kappa shape index (κ1) is 9.72. The SMILES string of the molecule is COCC(=O)CCC1CCCC1. The van der Waals surface area contributed by atoms with Crippen molar-refractivity contribution in [3.8, 4) is 0 Å². The summed E-state index contributed by atoms with van der Waals surface area (Å²) in [7, 11) is 1.58. The van der Waals surface area contributed by atoms with E-state index >= 15 is 0 Å². The molecule has 1 aliphatic carbocycles. The maximum Gasteiger partial charge on any atom is 0.158 e. The first-order chi connectivity index (χ1) is 5.83. The Morgan fingerprint density at radius 3 is 2.67 bits per heavy atom. The van der Waals surface area contributed by atoms with Crippen molar-refractivity contribution >= 4 is 5.78 Å². The number of methoxy groups -OCH3 is 1. The third-order valence-corrected chi connectivity index (χ3v) is 2.61. The molecule has 0 radical (unpaired) electrons. The molecule has 0 spiro atoms. The molecule has 0 unspecified atom stereocenters. The van der Waals surface area contributed by atoms with Gasteiger partial charge in [-0.25, -0.2) is 0 Å². The zero-order valence-electron chi connectivity index (χ0n) is 7.84. The number of carbonyl (C=O) groups is 1. The molecule has 1 saturated carbocycles. The Balaban J connectivity index is 2.03. The fourth-order valence-corrected chi connectivity index (χ4v) is 1.90. The zero-order valence-corrected chi connectivity index (χ0v) is 7.84. The van der Waals surface area contributed by atoms with Gasteiger partial charge in [0, 0.05) is 13.5 Å². The van der Waals surface area contributed by atoms with Crippen molar-refractivity contribution in [1.29, 1.82) is 0 Å². The largest absolute Gasteiger partial charge is 0.377 e. The molecule has 0 aliphatic heterocycles. The summed E-state index contributed by atoms with van der Waals surface area (Å²) in [6.45, 7) is 0.298. The highest BCUT2D eigenvalue weighted by molar-refractivity contribution is 5.79. The first-order valence-corrected chi connectivity index (χ1v) is 4.83. The molecule has 0 saturated heterocycles. The van der Waals surface area contributed by atoms with Gasteiger partial charge >= 0.3 is 0 Å². The number of Topliss-reactive ketones (excluding diaryl/α,β-unsaturated/α-hetero) is 1. The molecule has 70 valence electrons. The third-order valence-electron chi connectivity index (χ3n) is 2.61. The van der Waals surface area contributed by atoms with Crippen LogP contribution < -0.4 is 0 Å². The molecule has 0 aromatic carbocycles. The van der Waals surface area contributed by atoms with E-state index in [1.807, 2.05) is 0 Å². The molecule has 2 nitrogen and oxygen atoms in total. The average molecular weight is 170 g/mol. The van der Waals surface area contributed by atoms with Gasteiger partial charge in [-0.3, -0.25) is 4.79 Å². The Bertz CT molecular complexity index is 137. The fourth-order valence-electron chi connectivity index (χ4n) is 1.90. The van der Waals surface area contributed by atoms with Gasteiger partial charge in [-0.05, 0) is 12.3 Å². The normalized spacial score (nSPS) is 18.4. The van der Waals surface area contributed by atoms with Crippen molar-refractivity contribution in [1.82, 2.24) is 0 Å². The Kier molecular flexibility index (Phi) is 4.30. The summed E-state index contributed by atoms with van der Waals surface area (Å²) < 4.78 is 4.77. The van der Waals surface area contributed by atoms with Gasteiger partial charge in [0.1, 0.15) is 6.61 Å². The molecule has 0 N–H and O–H groups in total. The fraction of sp³-hybridized carbons (Fsp3) is 0.900. The molecule has 2 heteroatoms. The second-order valence-corrected chi connectivity index (χ2v) is 3.66. The van der Waals surface area contributed by atoms with Gasteiger partial charge in [0.05, 0.1) is 0 Å². The number of hydrogen-bond acceptors (Lipinski definition) is 2. The van der Waals surface area contributed by atoms with Crippen molar-refractivity contribution in [2.24, 2.45) is 5.92 Å². The van der Waals surface area contributed by atoms with E-state index in [1.54, 1.807) is 7.11 Å². The molecule has 1 aliphatic rings. The highest BCUT2D eigenvalue weighted by atomic mass is 16.5. The summed E-state index contributed by atoms with van der Waals surface area (Å²) in [5, 5.41) is 0. The van der Waals surface area contributed by atoms with Crippen LogP contribution in [0.25, 0.3) is 0 Å². The highest BCUT2D eigenvalue weighted by Crippen LogP contribution is 2.28. The molecule has 1 fully saturated rings. The molecule has 0 heterocycles. The monoisotopic (exact) mass is 170 g/mol. The molecule has 0 atom stereocenters. The van der Waals surface area contributed by atoms with E-state index in [1.165, 1.54) is 25.7 Å². The minimum atomic E-state index is 0.254. The minimum absolute atomic E-state index is 0.254. The van der Waals surface area contributed by atoms with Crippen LogP contribution in [-0.2, 0) is 9.53 Å². The Morgan fingerprint density at radius 2 is 2.08 bits per heavy atom. The lowest BCUT2D eigenvalue weighted by Gasteiger charge is -2.06. The van der Waals surface area contributed by atoms with Crippen LogP contribution in [0.3, 0.4) is 0 Å². The van der Waals surface area contributed by atoms with Crippen LogP contribution in [0.5, 0.6) is 0 Å². The van der Waals surface area contributed by atoms with Gasteiger partial charge < -0.3 is 4.74 Å². The lowest BCUT2D eigenvalue weighted by atomic mass is 10.0. The predicted molar refractivity (Wildman–Crippen MR) is 48.1 cm³/mol.